The van der Waals surface area contributed by atoms with E-state index >= 15 is 0 Å². The minimum Gasteiger partial charge on any atom is -0.457 e. The molecule has 318 valence electrons. The van der Waals surface area contributed by atoms with Gasteiger partial charge < -0.3 is 4.74 Å². The molecule has 0 spiro atoms. The lowest BCUT2D eigenvalue weighted by Gasteiger charge is -2.40. The minimum atomic E-state index is -3.15. The molecule has 0 amide bonds. The maximum Gasteiger partial charge on any atom is 0.220 e. The van der Waals surface area contributed by atoms with Crippen LogP contribution < -0.4 is 25.5 Å². The molecule has 0 bridgehead atoms. The molecule has 14 rings (SSSR count). The van der Waals surface area contributed by atoms with Crippen LogP contribution in [0.2, 0.25) is 0 Å². The Morgan fingerprint density at radius 2 is 0.910 bits per heavy atom. The van der Waals surface area contributed by atoms with Gasteiger partial charge in [-0.3, -0.25) is 17.9 Å². The zero-order valence-corrected chi connectivity index (χ0v) is 37.9. The molecular formula is C59H42N6OSi. The molecule has 0 N–H and O–H groups in total. The summed E-state index contributed by atoms with van der Waals surface area (Å²) in [7, 11) is -3.15. The van der Waals surface area contributed by atoms with Crippen molar-refractivity contribution in [3.05, 3.63) is 230 Å². The van der Waals surface area contributed by atoms with E-state index < -0.39 is 8.07 Å². The van der Waals surface area contributed by atoms with Gasteiger partial charge in [0.15, 0.2) is 8.07 Å². The number of aromatic nitrogens is 6. The number of rotatable bonds is 6. The highest BCUT2D eigenvalue weighted by Gasteiger charge is 2.47. The average Bonchev–Trinajstić information content (AvgIpc) is 4.12. The second kappa shape index (κ2) is 14.0. The summed E-state index contributed by atoms with van der Waals surface area (Å²) in [4.78, 5) is 10.6. The highest BCUT2D eigenvalue weighted by Crippen LogP contribution is 2.47. The molecule has 0 saturated carbocycles. The summed E-state index contributed by atoms with van der Waals surface area (Å²) in [5.74, 6) is 3.60. The Hall–Kier alpha value is -8.46. The lowest BCUT2D eigenvalue weighted by Crippen LogP contribution is -2.75. The number of nitrogens with zero attached hydrogens (tertiary/aromatic N) is 6. The molecule has 1 aliphatic rings. The third-order valence-electron chi connectivity index (χ3n) is 14.4. The van der Waals surface area contributed by atoms with Crippen LogP contribution in [0.1, 0.15) is 25.0 Å². The largest absolute Gasteiger partial charge is 0.457 e. The molecule has 1 aliphatic heterocycles. The highest BCUT2D eigenvalue weighted by molar-refractivity contribution is 7.20. The quantitative estimate of drug-likeness (QED) is 0.124. The van der Waals surface area contributed by atoms with Gasteiger partial charge in [-0.15, -0.1) is 0 Å². The van der Waals surface area contributed by atoms with Gasteiger partial charge in [-0.1, -0.05) is 159 Å². The van der Waals surface area contributed by atoms with E-state index in [2.05, 4.69) is 250 Å². The van der Waals surface area contributed by atoms with Crippen LogP contribution in [0.3, 0.4) is 0 Å². The standard InChI is InChI=1S/C59H42N6OSi/c1-59(2)44-25-9-16-33-54(44)66-56-45(59)26-18-34-55(56)67(41-20-5-3-6-21-41,42-22-7-4-8-23-42)43-24-17-19-39(37-43)62-50-30-13-15-32-52(50)65-53-38-40(35-36-47(53)61-58(62)65)63-49-29-12-14-31-51(49)64-48-28-11-10-27-46(48)60-57(63)64/h3-38H,1-2H3. The summed E-state index contributed by atoms with van der Waals surface area (Å²) in [5, 5.41) is 5.04. The van der Waals surface area contributed by atoms with Crippen LogP contribution >= 0.6 is 0 Å². The average molecular weight is 879 g/mol. The number of para-hydroxylation sites is 8. The Bertz CT molecular complexity index is 4080. The molecule has 0 aliphatic carbocycles. The molecule has 0 unspecified atom stereocenters. The van der Waals surface area contributed by atoms with E-state index in [9.17, 15) is 0 Å². The lowest BCUT2D eigenvalue weighted by molar-refractivity contribution is 0.421. The van der Waals surface area contributed by atoms with E-state index in [1.807, 2.05) is 0 Å². The summed E-state index contributed by atoms with van der Waals surface area (Å²) < 4.78 is 16.4. The number of hydrogen-bond acceptors (Lipinski definition) is 3. The van der Waals surface area contributed by atoms with Gasteiger partial charge >= 0.3 is 0 Å². The Labute approximate surface area is 387 Å². The van der Waals surface area contributed by atoms with E-state index in [4.69, 9.17) is 14.7 Å². The van der Waals surface area contributed by atoms with E-state index in [-0.39, 0.29) is 5.41 Å². The molecular weight excluding hydrogens is 837 g/mol. The van der Waals surface area contributed by atoms with Crippen LogP contribution in [0.25, 0.3) is 67.1 Å². The molecule has 9 aromatic carbocycles. The number of fused-ring (bicyclic) bond motifs is 12. The summed E-state index contributed by atoms with van der Waals surface area (Å²) in [5.41, 5.74) is 12.6. The van der Waals surface area contributed by atoms with Crippen LogP contribution in [0, 0.1) is 0 Å². The number of benzene rings is 9. The van der Waals surface area contributed by atoms with E-state index in [1.54, 1.807) is 0 Å². The first-order valence-corrected chi connectivity index (χ1v) is 24.9. The Morgan fingerprint density at radius 1 is 0.403 bits per heavy atom. The van der Waals surface area contributed by atoms with Crippen LogP contribution in [0.5, 0.6) is 11.5 Å². The van der Waals surface area contributed by atoms with Crippen molar-refractivity contribution in [2.24, 2.45) is 0 Å². The smallest absolute Gasteiger partial charge is 0.220 e. The number of imidazole rings is 4. The first kappa shape index (κ1) is 37.9. The monoisotopic (exact) mass is 878 g/mol. The SMILES string of the molecule is CC1(C)c2ccccc2Oc2c1cccc2[Si](c1ccccc1)(c1ccccc1)c1cccc(-n2c3ccccc3n3c4cc(-n5c6ccccc6n6c7ccccc7nc56)ccc4nc23)c1. The topological polar surface area (TPSA) is 53.7 Å². The maximum absolute atomic E-state index is 7.17. The van der Waals surface area contributed by atoms with Gasteiger partial charge in [0.25, 0.3) is 0 Å². The maximum atomic E-state index is 7.17. The molecule has 0 saturated heterocycles. The first-order valence-electron chi connectivity index (χ1n) is 22.9. The summed E-state index contributed by atoms with van der Waals surface area (Å²) in [6, 6.07) is 79.1. The Balaban J connectivity index is 1.02. The zero-order chi connectivity index (χ0) is 44.4. The normalized spacial score (nSPS) is 13.5. The van der Waals surface area contributed by atoms with Crippen LogP contribution in [-0.2, 0) is 5.41 Å². The van der Waals surface area contributed by atoms with Gasteiger partial charge in [0.05, 0.1) is 49.8 Å². The van der Waals surface area contributed by atoms with Crippen molar-refractivity contribution in [2.45, 2.75) is 19.3 Å². The van der Waals surface area contributed by atoms with Crippen LogP contribution in [0.15, 0.2) is 218 Å². The van der Waals surface area contributed by atoms with Crippen molar-refractivity contribution in [3.63, 3.8) is 0 Å². The lowest BCUT2D eigenvalue weighted by atomic mass is 9.76. The highest BCUT2D eigenvalue weighted by atomic mass is 28.3. The van der Waals surface area contributed by atoms with Crippen molar-refractivity contribution in [1.29, 1.82) is 0 Å². The van der Waals surface area contributed by atoms with E-state index in [0.717, 1.165) is 78.6 Å². The molecule has 13 aromatic rings. The van der Waals surface area contributed by atoms with Gasteiger partial charge in [-0.05, 0) is 93.5 Å². The van der Waals surface area contributed by atoms with Gasteiger partial charge in [0.2, 0.25) is 11.6 Å². The van der Waals surface area contributed by atoms with Crippen LogP contribution in [0.4, 0.5) is 0 Å². The van der Waals surface area contributed by atoms with Gasteiger partial charge in [0, 0.05) is 22.2 Å². The molecule has 0 atom stereocenters. The Morgan fingerprint density at radius 3 is 1.60 bits per heavy atom. The molecule has 8 heteroatoms. The molecule has 4 aromatic heterocycles. The van der Waals surface area contributed by atoms with Crippen molar-refractivity contribution in [3.8, 4) is 22.9 Å². The fraction of sp³-hybridized carbons (Fsp3) is 0.0508. The summed E-state index contributed by atoms with van der Waals surface area (Å²) in [6.07, 6.45) is 0. The third kappa shape index (κ3) is 5.21. The molecule has 67 heavy (non-hydrogen) atoms. The molecule has 0 radical (unpaired) electrons. The number of hydrogen-bond donors (Lipinski definition) is 0. The Kier molecular flexibility index (Phi) is 7.92. The minimum absolute atomic E-state index is 0.277. The van der Waals surface area contributed by atoms with Gasteiger partial charge in [0.1, 0.15) is 11.5 Å². The van der Waals surface area contributed by atoms with Crippen molar-refractivity contribution < 1.29 is 4.74 Å². The van der Waals surface area contributed by atoms with Crippen LogP contribution in [-0.4, -0.2) is 36.0 Å². The second-order valence-electron chi connectivity index (χ2n) is 18.2. The van der Waals surface area contributed by atoms with E-state index in [0.29, 0.717) is 0 Å². The molecule has 0 fully saturated rings. The van der Waals surface area contributed by atoms with E-state index in [1.165, 1.54) is 31.9 Å². The zero-order valence-electron chi connectivity index (χ0n) is 36.9. The summed E-state index contributed by atoms with van der Waals surface area (Å²) >= 11 is 0. The predicted molar refractivity (Wildman–Crippen MR) is 275 cm³/mol. The third-order valence-corrected chi connectivity index (χ3v) is 19.1. The van der Waals surface area contributed by atoms with Gasteiger partial charge in [-0.25, -0.2) is 9.97 Å². The molecule has 5 heterocycles. The molecule has 7 nitrogen and oxygen atoms in total. The second-order valence-corrected chi connectivity index (χ2v) is 22.0. The first-order chi connectivity index (χ1) is 33.0. The predicted octanol–water partition coefficient (Wildman–Crippen LogP) is 11.0. The summed E-state index contributed by atoms with van der Waals surface area (Å²) in [6.45, 7) is 4.65. The fourth-order valence-corrected chi connectivity index (χ4v) is 16.3. The number of ether oxygens (including phenoxy) is 1. The van der Waals surface area contributed by atoms with Crippen molar-refractivity contribution in [2.75, 3.05) is 0 Å². The fourth-order valence-electron chi connectivity index (χ4n) is 11.4. The van der Waals surface area contributed by atoms with Gasteiger partial charge in [-0.2, -0.15) is 0 Å². The van der Waals surface area contributed by atoms with Crippen molar-refractivity contribution >= 4 is 84.5 Å². The van der Waals surface area contributed by atoms with Crippen molar-refractivity contribution in [1.82, 2.24) is 27.9 Å².